The monoisotopic (exact) mass is 190 g/mol. The van der Waals surface area contributed by atoms with Crippen LogP contribution in [0.5, 0.6) is 0 Å². The van der Waals surface area contributed by atoms with Crippen LogP contribution in [0.15, 0.2) is 17.4 Å². The Morgan fingerprint density at radius 3 is 3.14 bits per heavy atom. The maximum absolute atomic E-state index is 11.3. The molecule has 14 heavy (non-hydrogen) atoms. The molecular weight excluding hydrogens is 180 g/mol. The number of hydrogen-bond donors (Lipinski definition) is 1. The van der Waals surface area contributed by atoms with Gasteiger partial charge in [-0.05, 0) is 18.8 Å². The minimum absolute atomic E-state index is 0.162. The van der Waals surface area contributed by atoms with Gasteiger partial charge in [-0.3, -0.25) is 4.79 Å². The molecule has 72 valence electrons. The van der Waals surface area contributed by atoms with Crippen LogP contribution in [-0.2, 0) is 6.54 Å². The first kappa shape index (κ1) is 7.73. The van der Waals surface area contributed by atoms with Crippen molar-refractivity contribution in [2.24, 2.45) is 5.92 Å². The number of H-pyrrole nitrogens is 1. The molecule has 0 radical (unpaired) electrons. The summed E-state index contributed by atoms with van der Waals surface area (Å²) in [7, 11) is 0. The van der Waals surface area contributed by atoms with E-state index in [0.717, 1.165) is 12.5 Å². The van der Waals surface area contributed by atoms with E-state index in [1.165, 1.54) is 19.2 Å². The van der Waals surface area contributed by atoms with Gasteiger partial charge in [-0.15, -0.1) is 0 Å². The molecule has 0 spiro atoms. The molecule has 1 aliphatic carbocycles. The lowest BCUT2D eigenvalue weighted by molar-refractivity contribution is 0.638. The largest absolute Gasteiger partial charge is 0.315 e. The van der Waals surface area contributed by atoms with Crippen LogP contribution < -0.4 is 5.56 Å². The van der Waals surface area contributed by atoms with E-state index >= 15 is 0 Å². The Labute approximate surface area is 79.8 Å². The third-order valence-corrected chi connectivity index (χ3v) is 2.56. The molecular formula is C9H10N4O. The molecule has 0 aromatic carbocycles. The summed E-state index contributed by atoms with van der Waals surface area (Å²) in [4.78, 5) is 22.0. The Morgan fingerprint density at radius 1 is 1.50 bits per heavy atom. The predicted molar refractivity (Wildman–Crippen MR) is 50.9 cm³/mol. The predicted octanol–water partition coefficient (Wildman–Crippen LogP) is 0.530. The van der Waals surface area contributed by atoms with Crippen molar-refractivity contribution in [3.05, 3.63) is 23.0 Å². The van der Waals surface area contributed by atoms with Crippen LogP contribution in [0, 0.1) is 5.92 Å². The second-order valence-electron chi connectivity index (χ2n) is 3.74. The number of rotatable bonds is 2. The van der Waals surface area contributed by atoms with Crippen molar-refractivity contribution in [2.75, 3.05) is 0 Å². The molecule has 5 heteroatoms. The summed E-state index contributed by atoms with van der Waals surface area (Å²) in [5.74, 6) is 0.758. The normalized spacial score (nSPS) is 16.3. The quantitative estimate of drug-likeness (QED) is 0.751. The van der Waals surface area contributed by atoms with Crippen LogP contribution >= 0.6 is 0 Å². The van der Waals surface area contributed by atoms with Gasteiger partial charge in [-0.25, -0.2) is 9.97 Å². The molecule has 2 aromatic heterocycles. The van der Waals surface area contributed by atoms with Crippen LogP contribution in [-0.4, -0.2) is 19.5 Å². The highest BCUT2D eigenvalue weighted by atomic mass is 16.1. The summed E-state index contributed by atoms with van der Waals surface area (Å²) in [6.07, 6.45) is 5.69. The second kappa shape index (κ2) is 2.67. The Balaban J connectivity index is 2.15. The fraction of sp³-hybridized carbons (Fsp3) is 0.444. The van der Waals surface area contributed by atoms with Gasteiger partial charge in [0.25, 0.3) is 5.56 Å². The Morgan fingerprint density at radius 2 is 2.36 bits per heavy atom. The second-order valence-corrected chi connectivity index (χ2v) is 3.74. The van der Waals surface area contributed by atoms with Crippen LogP contribution in [0.3, 0.4) is 0 Å². The smallest absolute Gasteiger partial charge is 0.278 e. The van der Waals surface area contributed by atoms with Crippen LogP contribution in [0.4, 0.5) is 0 Å². The lowest BCUT2D eigenvalue weighted by Gasteiger charge is -1.99. The van der Waals surface area contributed by atoms with E-state index in [9.17, 15) is 4.79 Å². The highest BCUT2D eigenvalue weighted by Crippen LogP contribution is 2.31. The molecule has 0 bridgehead atoms. The molecule has 0 saturated heterocycles. The van der Waals surface area contributed by atoms with E-state index in [2.05, 4.69) is 15.0 Å². The fourth-order valence-electron chi connectivity index (χ4n) is 1.60. The van der Waals surface area contributed by atoms with Gasteiger partial charge >= 0.3 is 0 Å². The Hall–Kier alpha value is -1.65. The number of aromatic nitrogens is 4. The summed E-state index contributed by atoms with van der Waals surface area (Å²) < 4.78 is 1.96. The Kier molecular flexibility index (Phi) is 1.47. The minimum atomic E-state index is -0.162. The van der Waals surface area contributed by atoms with Gasteiger partial charge in [0, 0.05) is 6.54 Å². The van der Waals surface area contributed by atoms with E-state index in [1.807, 2.05) is 4.57 Å². The molecule has 2 aromatic rings. The van der Waals surface area contributed by atoms with Crippen molar-refractivity contribution < 1.29 is 0 Å². The van der Waals surface area contributed by atoms with Gasteiger partial charge in [0.05, 0.1) is 12.7 Å². The summed E-state index contributed by atoms with van der Waals surface area (Å²) in [5, 5.41) is 0. The third kappa shape index (κ3) is 1.13. The van der Waals surface area contributed by atoms with Gasteiger partial charge < -0.3 is 9.55 Å². The highest BCUT2D eigenvalue weighted by Gasteiger charge is 2.22. The number of aromatic amines is 1. The molecule has 0 amide bonds. The first-order valence-corrected chi connectivity index (χ1v) is 4.73. The summed E-state index contributed by atoms with van der Waals surface area (Å²) in [6.45, 7) is 0.937. The molecule has 5 nitrogen and oxygen atoms in total. The molecule has 0 aliphatic heterocycles. The molecule has 2 heterocycles. The van der Waals surface area contributed by atoms with Crippen LogP contribution in [0.2, 0.25) is 0 Å². The molecule has 1 saturated carbocycles. The van der Waals surface area contributed by atoms with E-state index in [0.29, 0.717) is 11.2 Å². The number of nitrogens with zero attached hydrogens (tertiary/aromatic N) is 3. The SMILES string of the molecule is O=c1[nH]cnc2c1ncn2CC1CC1. The van der Waals surface area contributed by atoms with Crippen molar-refractivity contribution in [1.29, 1.82) is 0 Å². The van der Waals surface area contributed by atoms with E-state index in [-0.39, 0.29) is 5.56 Å². The van der Waals surface area contributed by atoms with Gasteiger partial charge in [0.15, 0.2) is 11.2 Å². The average molecular weight is 190 g/mol. The maximum Gasteiger partial charge on any atom is 0.278 e. The molecule has 0 unspecified atom stereocenters. The van der Waals surface area contributed by atoms with Crippen LogP contribution in [0.1, 0.15) is 12.8 Å². The highest BCUT2D eigenvalue weighted by molar-refractivity contribution is 5.68. The van der Waals surface area contributed by atoms with E-state index in [1.54, 1.807) is 6.33 Å². The third-order valence-electron chi connectivity index (χ3n) is 2.56. The van der Waals surface area contributed by atoms with Crippen molar-refractivity contribution in [3.63, 3.8) is 0 Å². The lowest BCUT2D eigenvalue weighted by Crippen LogP contribution is -2.07. The molecule has 3 rings (SSSR count). The van der Waals surface area contributed by atoms with Gasteiger partial charge in [-0.1, -0.05) is 0 Å². The molecule has 1 aliphatic rings. The van der Waals surface area contributed by atoms with Gasteiger partial charge in [0.2, 0.25) is 0 Å². The summed E-state index contributed by atoms with van der Waals surface area (Å²) >= 11 is 0. The Bertz CT molecular complexity index is 523. The van der Waals surface area contributed by atoms with E-state index < -0.39 is 0 Å². The number of imidazole rings is 1. The summed E-state index contributed by atoms with van der Waals surface area (Å²) in [5.41, 5.74) is 0.971. The summed E-state index contributed by atoms with van der Waals surface area (Å²) in [6, 6.07) is 0. The lowest BCUT2D eigenvalue weighted by atomic mass is 10.4. The zero-order chi connectivity index (χ0) is 9.54. The topological polar surface area (TPSA) is 63.6 Å². The fourth-order valence-corrected chi connectivity index (χ4v) is 1.60. The van der Waals surface area contributed by atoms with Gasteiger partial charge in [0.1, 0.15) is 0 Å². The van der Waals surface area contributed by atoms with Crippen LogP contribution in [0.25, 0.3) is 11.2 Å². The number of fused-ring (bicyclic) bond motifs is 1. The first-order valence-electron chi connectivity index (χ1n) is 4.73. The van der Waals surface area contributed by atoms with Gasteiger partial charge in [-0.2, -0.15) is 0 Å². The minimum Gasteiger partial charge on any atom is -0.315 e. The van der Waals surface area contributed by atoms with E-state index in [4.69, 9.17) is 0 Å². The van der Waals surface area contributed by atoms with Crippen molar-refractivity contribution >= 4 is 11.2 Å². The average Bonchev–Trinajstić information content (AvgIpc) is 2.88. The maximum atomic E-state index is 11.3. The van der Waals surface area contributed by atoms with Crippen molar-refractivity contribution in [1.82, 2.24) is 19.5 Å². The first-order chi connectivity index (χ1) is 6.84. The molecule has 1 N–H and O–H groups in total. The van der Waals surface area contributed by atoms with Crippen molar-refractivity contribution in [3.8, 4) is 0 Å². The zero-order valence-corrected chi connectivity index (χ0v) is 7.60. The standard InChI is InChI=1S/C9H10N4O/c14-9-7-8(10-4-11-9)13(5-12-7)3-6-1-2-6/h4-6H,1-3H2,(H,10,11,14). The number of nitrogens with one attached hydrogen (secondary N) is 1. The number of hydrogen-bond acceptors (Lipinski definition) is 3. The molecule has 1 fully saturated rings. The zero-order valence-electron chi connectivity index (χ0n) is 7.60. The van der Waals surface area contributed by atoms with Crippen molar-refractivity contribution in [2.45, 2.75) is 19.4 Å². The molecule has 0 atom stereocenters.